The first kappa shape index (κ1) is 12.6. The van der Waals surface area contributed by atoms with Crippen molar-refractivity contribution < 1.29 is 0 Å². The molecule has 2 nitrogen and oxygen atoms in total. The predicted molar refractivity (Wildman–Crippen MR) is 75.6 cm³/mol. The largest absolute Gasteiger partial charge is 0.397 e. The number of para-hydroxylation sites is 1. The van der Waals surface area contributed by atoms with Gasteiger partial charge in [-0.1, -0.05) is 31.5 Å². The van der Waals surface area contributed by atoms with Crippen LogP contribution in [-0.2, 0) is 0 Å². The van der Waals surface area contributed by atoms with E-state index in [0.717, 1.165) is 22.9 Å². The second kappa shape index (κ2) is 4.77. The Morgan fingerprint density at radius 2 is 2.00 bits per heavy atom. The van der Waals surface area contributed by atoms with Crippen molar-refractivity contribution in [3.63, 3.8) is 0 Å². The summed E-state index contributed by atoms with van der Waals surface area (Å²) >= 11 is 6.30. The van der Waals surface area contributed by atoms with E-state index >= 15 is 0 Å². The molecule has 0 aliphatic carbocycles. The van der Waals surface area contributed by atoms with Crippen molar-refractivity contribution in [2.75, 3.05) is 17.2 Å². The molecule has 0 spiro atoms. The predicted octanol–water partition coefficient (Wildman–Crippen LogP) is 3.79. The Morgan fingerprint density at radius 1 is 1.29 bits per heavy atom. The third-order valence-electron chi connectivity index (χ3n) is 3.90. The lowest BCUT2D eigenvalue weighted by molar-refractivity contribution is 0.297. The van der Waals surface area contributed by atoms with E-state index in [9.17, 15) is 0 Å². The highest BCUT2D eigenvalue weighted by atomic mass is 35.5. The molecule has 2 N–H and O–H groups in total. The molecule has 0 aromatic heterocycles. The summed E-state index contributed by atoms with van der Waals surface area (Å²) in [5, 5.41) is 0.762. The second-order valence-corrected chi connectivity index (χ2v) is 5.80. The van der Waals surface area contributed by atoms with Crippen LogP contribution in [0, 0.1) is 11.8 Å². The molecular formula is C14H21ClN2. The lowest BCUT2D eigenvalue weighted by Crippen LogP contribution is -2.46. The second-order valence-electron chi connectivity index (χ2n) is 5.39. The average molecular weight is 253 g/mol. The fraction of sp³-hybridized carbons (Fsp3) is 0.571. The van der Waals surface area contributed by atoms with Crippen LogP contribution in [0.4, 0.5) is 11.4 Å². The van der Waals surface area contributed by atoms with Gasteiger partial charge in [0.15, 0.2) is 0 Å². The van der Waals surface area contributed by atoms with Gasteiger partial charge in [0.2, 0.25) is 0 Å². The Morgan fingerprint density at radius 3 is 2.65 bits per heavy atom. The summed E-state index contributed by atoms with van der Waals surface area (Å²) in [6, 6.07) is 6.25. The van der Waals surface area contributed by atoms with Crippen molar-refractivity contribution in [2.24, 2.45) is 11.8 Å². The molecule has 94 valence electrons. The zero-order valence-electron chi connectivity index (χ0n) is 10.8. The molecule has 0 saturated carbocycles. The molecule has 1 aliphatic heterocycles. The zero-order valence-corrected chi connectivity index (χ0v) is 11.5. The van der Waals surface area contributed by atoms with Crippen molar-refractivity contribution in [3.05, 3.63) is 23.2 Å². The highest BCUT2D eigenvalue weighted by molar-refractivity contribution is 6.34. The van der Waals surface area contributed by atoms with Crippen LogP contribution in [0.2, 0.25) is 5.02 Å². The van der Waals surface area contributed by atoms with Crippen LogP contribution in [0.5, 0.6) is 0 Å². The van der Waals surface area contributed by atoms with E-state index < -0.39 is 0 Å². The SMILES string of the molecule is CC1CC(C)C(C)N(c2c(N)cccc2Cl)C1. The van der Waals surface area contributed by atoms with E-state index in [1.165, 1.54) is 6.42 Å². The Bertz CT molecular complexity index is 385. The summed E-state index contributed by atoms with van der Waals surface area (Å²) in [6.07, 6.45) is 1.28. The molecule has 1 aliphatic rings. The molecule has 1 aromatic rings. The van der Waals surface area contributed by atoms with Crippen molar-refractivity contribution >= 4 is 23.0 Å². The Balaban J connectivity index is 2.38. The van der Waals surface area contributed by atoms with Gasteiger partial charge in [0.05, 0.1) is 16.4 Å². The zero-order chi connectivity index (χ0) is 12.6. The minimum absolute atomic E-state index is 0.494. The molecule has 3 heteroatoms. The minimum Gasteiger partial charge on any atom is -0.397 e. The Hall–Kier alpha value is -0.890. The van der Waals surface area contributed by atoms with Gasteiger partial charge < -0.3 is 10.6 Å². The van der Waals surface area contributed by atoms with E-state index in [1.54, 1.807) is 0 Å². The number of benzene rings is 1. The van der Waals surface area contributed by atoms with Gasteiger partial charge in [-0.3, -0.25) is 0 Å². The molecule has 3 atom stereocenters. The molecule has 2 rings (SSSR count). The van der Waals surface area contributed by atoms with Crippen LogP contribution >= 0.6 is 11.6 Å². The van der Waals surface area contributed by atoms with Gasteiger partial charge in [0.25, 0.3) is 0 Å². The van der Waals surface area contributed by atoms with E-state index in [0.29, 0.717) is 17.9 Å². The highest BCUT2D eigenvalue weighted by Crippen LogP contribution is 2.38. The van der Waals surface area contributed by atoms with Gasteiger partial charge in [0, 0.05) is 12.6 Å². The number of nitrogens with two attached hydrogens (primary N) is 1. The molecule has 1 heterocycles. The molecule has 1 fully saturated rings. The topological polar surface area (TPSA) is 29.3 Å². The van der Waals surface area contributed by atoms with Crippen LogP contribution in [0.15, 0.2) is 18.2 Å². The number of hydrogen-bond acceptors (Lipinski definition) is 2. The van der Waals surface area contributed by atoms with Gasteiger partial charge in [-0.25, -0.2) is 0 Å². The standard InChI is InChI=1S/C14H21ClN2/c1-9-7-10(2)11(3)17(8-9)14-12(15)5-4-6-13(14)16/h4-6,9-11H,7-8,16H2,1-3H3. The lowest BCUT2D eigenvalue weighted by Gasteiger charge is -2.43. The van der Waals surface area contributed by atoms with E-state index in [-0.39, 0.29) is 0 Å². The van der Waals surface area contributed by atoms with Crippen molar-refractivity contribution in [1.29, 1.82) is 0 Å². The van der Waals surface area contributed by atoms with Gasteiger partial charge >= 0.3 is 0 Å². The van der Waals surface area contributed by atoms with Gasteiger partial charge in [-0.05, 0) is 37.3 Å². The first-order valence-corrected chi connectivity index (χ1v) is 6.69. The van der Waals surface area contributed by atoms with Crippen molar-refractivity contribution in [2.45, 2.75) is 33.2 Å². The summed E-state index contributed by atoms with van der Waals surface area (Å²) in [4.78, 5) is 2.37. The molecule has 0 radical (unpaired) electrons. The number of nitrogen functional groups attached to an aromatic ring is 1. The third-order valence-corrected chi connectivity index (χ3v) is 4.21. The van der Waals surface area contributed by atoms with Crippen molar-refractivity contribution in [1.82, 2.24) is 0 Å². The third kappa shape index (κ3) is 2.37. The maximum absolute atomic E-state index is 6.30. The summed E-state index contributed by atoms with van der Waals surface area (Å²) < 4.78 is 0. The van der Waals surface area contributed by atoms with E-state index in [2.05, 4.69) is 25.7 Å². The fourth-order valence-corrected chi connectivity index (χ4v) is 3.14. The molecule has 0 amide bonds. The van der Waals surface area contributed by atoms with Crippen LogP contribution in [0.3, 0.4) is 0 Å². The normalized spacial score (nSPS) is 29.4. The number of piperidine rings is 1. The maximum atomic E-state index is 6.30. The maximum Gasteiger partial charge on any atom is 0.0791 e. The number of anilines is 2. The fourth-order valence-electron chi connectivity index (χ4n) is 2.85. The quantitative estimate of drug-likeness (QED) is 0.771. The monoisotopic (exact) mass is 252 g/mol. The molecule has 1 saturated heterocycles. The van der Waals surface area contributed by atoms with Crippen LogP contribution in [0.25, 0.3) is 0 Å². The van der Waals surface area contributed by atoms with E-state index in [4.69, 9.17) is 17.3 Å². The lowest BCUT2D eigenvalue weighted by atomic mass is 9.85. The Kier molecular flexibility index (Phi) is 3.53. The first-order chi connectivity index (χ1) is 8.00. The van der Waals surface area contributed by atoms with Crippen LogP contribution in [-0.4, -0.2) is 12.6 Å². The van der Waals surface area contributed by atoms with Crippen molar-refractivity contribution in [3.8, 4) is 0 Å². The molecule has 3 unspecified atom stereocenters. The summed E-state index contributed by atoms with van der Waals surface area (Å²) in [7, 11) is 0. The summed E-state index contributed by atoms with van der Waals surface area (Å²) in [5.74, 6) is 1.37. The smallest absolute Gasteiger partial charge is 0.0791 e. The molecule has 0 bridgehead atoms. The Labute approximate surface area is 109 Å². The number of nitrogens with zero attached hydrogens (tertiary/aromatic N) is 1. The average Bonchev–Trinajstić information content (AvgIpc) is 2.24. The number of rotatable bonds is 1. The van der Waals surface area contributed by atoms with Crippen LogP contribution < -0.4 is 10.6 Å². The number of halogens is 1. The van der Waals surface area contributed by atoms with Crippen LogP contribution in [0.1, 0.15) is 27.2 Å². The molecule has 1 aromatic carbocycles. The van der Waals surface area contributed by atoms with Gasteiger partial charge in [-0.15, -0.1) is 0 Å². The summed E-state index contributed by atoms with van der Waals surface area (Å²) in [6.45, 7) is 7.90. The first-order valence-electron chi connectivity index (χ1n) is 6.31. The van der Waals surface area contributed by atoms with Gasteiger partial charge in [0.1, 0.15) is 0 Å². The summed E-state index contributed by atoms with van der Waals surface area (Å²) in [5.41, 5.74) is 7.88. The molecule has 17 heavy (non-hydrogen) atoms. The minimum atomic E-state index is 0.494. The molecular weight excluding hydrogens is 232 g/mol. The highest BCUT2D eigenvalue weighted by Gasteiger charge is 2.30. The van der Waals surface area contributed by atoms with E-state index in [1.807, 2.05) is 18.2 Å². The number of hydrogen-bond donors (Lipinski definition) is 1. The van der Waals surface area contributed by atoms with Gasteiger partial charge in [-0.2, -0.15) is 0 Å².